The summed E-state index contributed by atoms with van der Waals surface area (Å²) < 4.78 is 36.7. The van der Waals surface area contributed by atoms with Gasteiger partial charge >= 0.3 is 0 Å². The van der Waals surface area contributed by atoms with Gasteiger partial charge in [-0.15, -0.1) is 11.3 Å². The summed E-state index contributed by atoms with van der Waals surface area (Å²) in [5.41, 5.74) is 1.74. The minimum absolute atomic E-state index is 0.111. The molecule has 0 radical (unpaired) electrons. The number of aromatic nitrogens is 1. The molecule has 0 aliphatic carbocycles. The highest BCUT2D eigenvalue weighted by Crippen LogP contribution is 2.41. The maximum Gasteiger partial charge on any atom is 0.185 e. The zero-order chi connectivity index (χ0) is 18.9. The molecule has 0 bridgehead atoms. The van der Waals surface area contributed by atoms with Gasteiger partial charge in [-0.3, -0.25) is 0 Å². The molecule has 1 aliphatic rings. The standard InChI is InChI=1S/C19H18N2O4S2/c1-24-17-5-3-2-4-15(17)21-9-10-25-18-12-14(6-7-16(18)21)27(22,23)13-19-20-8-11-26-19/h2-8,11-12H,9-10,13H2,1H3. The fraction of sp³-hybridized carbons (Fsp3) is 0.211. The van der Waals surface area contributed by atoms with Crippen LogP contribution < -0.4 is 14.4 Å². The monoisotopic (exact) mass is 402 g/mol. The molecule has 0 unspecified atom stereocenters. The number of anilines is 2. The first-order valence-electron chi connectivity index (χ1n) is 8.37. The summed E-state index contributed by atoms with van der Waals surface area (Å²) in [6.45, 7) is 1.11. The van der Waals surface area contributed by atoms with Crippen LogP contribution in [0.2, 0.25) is 0 Å². The summed E-state index contributed by atoms with van der Waals surface area (Å²) in [7, 11) is -1.85. The first kappa shape index (κ1) is 17.8. The van der Waals surface area contributed by atoms with Gasteiger partial charge in [-0.1, -0.05) is 12.1 Å². The van der Waals surface area contributed by atoms with Crippen LogP contribution in [0.25, 0.3) is 0 Å². The minimum Gasteiger partial charge on any atom is -0.495 e. The number of fused-ring (bicyclic) bond motifs is 1. The van der Waals surface area contributed by atoms with Gasteiger partial charge in [0.15, 0.2) is 9.84 Å². The van der Waals surface area contributed by atoms with Gasteiger partial charge in [-0.2, -0.15) is 0 Å². The van der Waals surface area contributed by atoms with E-state index in [1.54, 1.807) is 36.9 Å². The number of ether oxygens (including phenoxy) is 2. The van der Waals surface area contributed by atoms with E-state index in [4.69, 9.17) is 9.47 Å². The van der Waals surface area contributed by atoms with Crippen molar-refractivity contribution in [1.29, 1.82) is 0 Å². The number of rotatable bonds is 5. The molecule has 8 heteroatoms. The van der Waals surface area contributed by atoms with Crippen LogP contribution in [0, 0.1) is 0 Å². The number of hydrogen-bond donors (Lipinski definition) is 0. The molecule has 1 aliphatic heterocycles. The van der Waals surface area contributed by atoms with Crippen molar-refractivity contribution < 1.29 is 17.9 Å². The van der Waals surface area contributed by atoms with Crippen molar-refractivity contribution in [1.82, 2.24) is 4.98 Å². The molecular formula is C19H18N2O4S2. The predicted molar refractivity (Wildman–Crippen MR) is 105 cm³/mol. The fourth-order valence-corrected chi connectivity index (χ4v) is 5.33. The van der Waals surface area contributed by atoms with Gasteiger partial charge in [0.1, 0.15) is 28.9 Å². The Bertz CT molecular complexity index is 1050. The van der Waals surface area contributed by atoms with E-state index in [2.05, 4.69) is 9.88 Å². The number of nitrogens with zero attached hydrogens (tertiary/aromatic N) is 2. The summed E-state index contributed by atoms with van der Waals surface area (Å²) in [6.07, 6.45) is 1.61. The summed E-state index contributed by atoms with van der Waals surface area (Å²) in [5, 5.41) is 2.34. The number of sulfone groups is 1. The highest BCUT2D eigenvalue weighted by molar-refractivity contribution is 7.90. The lowest BCUT2D eigenvalue weighted by molar-refractivity contribution is 0.312. The molecule has 0 fully saturated rings. The Morgan fingerprint density at radius 1 is 1.22 bits per heavy atom. The lowest BCUT2D eigenvalue weighted by Crippen LogP contribution is -2.29. The lowest BCUT2D eigenvalue weighted by atomic mass is 10.2. The van der Waals surface area contributed by atoms with Crippen LogP contribution in [0.4, 0.5) is 11.4 Å². The van der Waals surface area contributed by atoms with Crippen molar-refractivity contribution in [2.24, 2.45) is 0 Å². The lowest BCUT2D eigenvalue weighted by Gasteiger charge is -2.32. The molecule has 0 saturated carbocycles. The second kappa shape index (κ2) is 7.21. The van der Waals surface area contributed by atoms with Gasteiger partial charge in [-0.05, 0) is 24.3 Å². The van der Waals surface area contributed by atoms with Gasteiger partial charge in [0.2, 0.25) is 0 Å². The quantitative estimate of drug-likeness (QED) is 0.649. The molecule has 0 spiro atoms. The average Bonchev–Trinajstić information content (AvgIpc) is 3.19. The van der Waals surface area contributed by atoms with Gasteiger partial charge in [-0.25, -0.2) is 13.4 Å². The Balaban J connectivity index is 1.70. The Hall–Kier alpha value is -2.58. The van der Waals surface area contributed by atoms with Gasteiger partial charge in [0, 0.05) is 17.6 Å². The largest absolute Gasteiger partial charge is 0.495 e. The normalized spacial score (nSPS) is 13.7. The Labute approximate surface area is 161 Å². The minimum atomic E-state index is -3.49. The molecule has 0 amide bonds. The summed E-state index contributed by atoms with van der Waals surface area (Å²) >= 11 is 1.33. The van der Waals surface area contributed by atoms with Crippen molar-refractivity contribution in [3.05, 3.63) is 59.0 Å². The van der Waals surface area contributed by atoms with Gasteiger partial charge < -0.3 is 14.4 Å². The highest BCUT2D eigenvalue weighted by atomic mass is 32.2. The number of methoxy groups -OCH3 is 1. The van der Waals surface area contributed by atoms with E-state index < -0.39 is 9.84 Å². The van der Waals surface area contributed by atoms with Crippen LogP contribution in [0.15, 0.2) is 58.9 Å². The van der Waals surface area contributed by atoms with Crippen LogP contribution in [0.5, 0.6) is 11.5 Å². The summed E-state index contributed by atoms with van der Waals surface area (Å²) in [6, 6.07) is 12.7. The fourth-order valence-electron chi connectivity index (χ4n) is 3.07. The first-order chi connectivity index (χ1) is 13.1. The van der Waals surface area contributed by atoms with Crippen molar-refractivity contribution in [2.45, 2.75) is 10.6 Å². The number of benzene rings is 2. The van der Waals surface area contributed by atoms with Crippen molar-refractivity contribution >= 4 is 32.5 Å². The van der Waals surface area contributed by atoms with E-state index in [-0.39, 0.29) is 10.6 Å². The van der Waals surface area contributed by atoms with Crippen LogP contribution in [-0.2, 0) is 15.6 Å². The Kier molecular flexibility index (Phi) is 4.75. The maximum absolute atomic E-state index is 12.7. The smallest absolute Gasteiger partial charge is 0.185 e. The highest BCUT2D eigenvalue weighted by Gasteiger charge is 2.25. The molecular weight excluding hydrogens is 384 g/mol. The Morgan fingerprint density at radius 2 is 2.07 bits per heavy atom. The van der Waals surface area contributed by atoms with E-state index >= 15 is 0 Å². The molecule has 4 rings (SSSR count). The number of thiazole rings is 1. The molecule has 2 aromatic carbocycles. The second-order valence-corrected chi connectivity index (χ2v) is 8.96. The van der Waals surface area contributed by atoms with E-state index in [0.29, 0.717) is 23.9 Å². The zero-order valence-electron chi connectivity index (χ0n) is 14.7. The molecule has 6 nitrogen and oxygen atoms in total. The molecule has 2 heterocycles. The summed E-state index contributed by atoms with van der Waals surface area (Å²) in [4.78, 5) is 6.38. The Morgan fingerprint density at radius 3 is 2.85 bits per heavy atom. The topological polar surface area (TPSA) is 68.7 Å². The molecule has 0 saturated heterocycles. The molecule has 140 valence electrons. The van der Waals surface area contributed by atoms with Crippen LogP contribution in [-0.4, -0.2) is 33.7 Å². The number of hydrogen-bond acceptors (Lipinski definition) is 7. The SMILES string of the molecule is COc1ccccc1N1CCOc2cc(S(=O)(=O)Cc3nccs3)ccc21. The first-order valence-corrected chi connectivity index (χ1v) is 10.9. The second-order valence-electron chi connectivity index (χ2n) is 5.99. The molecule has 0 atom stereocenters. The molecule has 27 heavy (non-hydrogen) atoms. The van der Waals surface area contributed by atoms with Gasteiger partial charge in [0.25, 0.3) is 0 Å². The van der Waals surface area contributed by atoms with Crippen molar-refractivity contribution in [3.8, 4) is 11.5 Å². The predicted octanol–water partition coefficient (Wildman–Crippen LogP) is 3.66. The zero-order valence-corrected chi connectivity index (χ0v) is 16.3. The van der Waals surface area contributed by atoms with Crippen LogP contribution in [0.3, 0.4) is 0 Å². The van der Waals surface area contributed by atoms with Gasteiger partial charge in [0.05, 0.1) is 29.9 Å². The third-order valence-corrected chi connectivity index (χ3v) is 6.91. The summed E-state index contributed by atoms with van der Waals surface area (Å²) in [5.74, 6) is 1.19. The van der Waals surface area contributed by atoms with E-state index in [1.807, 2.05) is 24.3 Å². The molecule has 3 aromatic rings. The van der Waals surface area contributed by atoms with Crippen LogP contribution in [0.1, 0.15) is 5.01 Å². The van der Waals surface area contributed by atoms with Crippen molar-refractivity contribution in [2.75, 3.05) is 25.2 Å². The third kappa shape index (κ3) is 3.50. The molecule has 0 N–H and O–H groups in total. The van der Waals surface area contributed by atoms with E-state index in [9.17, 15) is 8.42 Å². The van der Waals surface area contributed by atoms with E-state index in [1.165, 1.54) is 11.3 Å². The van der Waals surface area contributed by atoms with E-state index in [0.717, 1.165) is 17.1 Å². The van der Waals surface area contributed by atoms with Crippen LogP contribution >= 0.6 is 11.3 Å². The molecule has 1 aromatic heterocycles. The maximum atomic E-state index is 12.7. The van der Waals surface area contributed by atoms with Crippen molar-refractivity contribution in [3.63, 3.8) is 0 Å². The average molecular weight is 402 g/mol. The number of para-hydroxylation sites is 2. The third-order valence-electron chi connectivity index (χ3n) is 4.33.